The van der Waals surface area contributed by atoms with E-state index in [1.807, 2.05) is 54.1 Å². The van der Waals surface area contributed by atoms with Crippen LogP contribution in [0.2, 0.25) is 0 Å². The average Bonchev–Trinajstić information content (AvgIpc) is 2.92. The van der Waals surface area contributed by atoms with Gasteiger partial charge < -0.3 is 5.32 Å². The quantitative estimate of drug-likeness (QED) is 0.845. The molecule has 2 rings (SSSR count). The van der Waals surface area contributed by atoms with Gasteiger partial charge in [0.05, 0.1) is 6.04 Å². The third-order valence-corrected chi connectivity index (χ3v) is 3.88. The number of rotatable bonds is 4. The number of thiophene rings is 1. The maximum Gasteiger partial charge on any atom is 0.243 e. The van der Waals surface area contributed by atoms with E-state index in [0.29, 0.717) is 0 Å². The summed E-state index contributed by atoms with van der Waals surface area (Å²) in [6.45, 7) is 1.95. The van der Waals surface area contributed by atoms with Crippen LogP contribution in [0.25, 0.3) is 0 Å². The lowest BCUT2D eigenvalue weighted by Gasteiger charge is -2.15. The van der Waals surface area contributed by atoms with Crippen molar-refractivity contribution in [2.45, 2.75) is 18.3 Å². The van der Waals surface area contributed by atoms with Gasteiger partial charge in [0.15, 0.2) is 0 Å². The Balaban J connectivity index is 2.00. The van der Waals surface area contributed by atoms with Gasteiger partial charge in [-0.05, 0) is 34.9 Å². The maximum atomic E-state index is 12.0. The molecule has 0 bridgehead atoms. The fraction of sp³-hybridized carbons (Fsp3) is 0.214. The molecular weight excluding hydrogens is 266 g/mol. The predicted octanol–water partition coefficient (Wildman–Crippen LogP) is 3.91. The SMILES string of the molecule is CC(NC(=O)C(Cl)c1ccccc1)c1ccsc1. The normalized spacial score (nSPS) is 13.9. The number of hydrogen-bond donors (Lipinski definition) is 1. The topological polar surface area (TPSA) is 29.1 Å². The third kappa shape index (κ3) is 3.12. The van der Waals surface area contributed by atoms with Crippen molar-refractivity contribution in [3.05, 3.63) is 58.3 Å². The molecule has 0 aliphatic rings. The Bertz CT molecular complexity index is 498. The van der Waals surface area contributed by atoms with Gasteiger partial charge in [-0.25, -0.2) is 0 Å². The smallest absolute Gasteiger partial charge is 0.243 e. The zero-order valence-corrected chi connectivity index (χ0v) is 11.5. The number of carbonyl (C=O) groups is 1. The Morgan fingerprint density at radius 3 is 2.56 bits per heavy atom. The molecule has 0 aliphatic heterocycles. The fourth-order valence-corrected chi connectivity index (χ4v) is 2.63. The standard InChI is InChI=1S/C14H14ClNOS/c1-10(12-7-8-18-9-12)16-14(17)13(15)11-5-3-2-4-6-11/h2-10,13H,1H3,(H,16,17). The molecule has 18 heavy (non-hydrogen) atoms. The van der Waals surface area contributed by atoms with Gasteiger partial charge in [0.2, 0.25) is 5.91 Å². The molecule has 2 unspecified atom stereocenters. The Morgan fingerprint density at radius 2 is 1.94 bits per heavy atom. The molecule has 94 valence electrons. The summed E-state index contributed by atoms with van der Waals surface area (Å²) >= 11 is 7.77. The van der Waals surface area contributed by atoms with Crippen LogP contribution in [0.3, 0.4) is 0 Å². The molecule has 0 radical (unpaired) electrons. The first-order chi connectivity index (χ1) is 8.68. The van der Waals surface area contributed by atoms with Gasteiger partial charge in [-0.1, -0.05) is 30.3 Å². The molecule has 4 heteroatoms. The minimum atomic E-state index is -0.646. The summed E-state index contributed by atoms with van der Waals surface area (Å²) in [6.07, 6.45) is 0. The number of benzene rings is 1. The minimum Gasteiger partial charge on any atom is -0.348 e. The van der Waals surface area contributed by atoms with E-state index in [0.717, 1.165) is 11.1 Å². The van der Waals surface area contributed by atoms with Crippen LogP contribution < -0.4 is 5.32 Å². The molecule has 1 N–H and O–H groups in total. The third-order valence-electron chi connectivity index (χ3n) is 2.72. The fourth-order valence-electron chi connectivity index (χ4n) is 1.66. The Morgan fingerprint density at radius 1 is 1.22 bits per heavy atom. The predicted molar refractivity (Wildman–Crippen MR) is 75.9 cm³/mol. The largest absolute Gasteiger partial charge is 0.348 e. The highest BCUT2D eigenvalue weighted by atomic mass is 35.5. The van der Waals surface area contributed by atoms with Crippen molar-refractivity contribution in [3.63, 3.8) is 0 Å². The molecule has 2 nitrogen and oxygen atoms in total. The number of nitrogens with one attached hydrogen (secondary N) is 1. The van der Waals surface area contributed by atoms with Crippen LogP contribution in [-0.4, -0.2) is 5.91 Å². The number of carbonyl (C=O) groups excluding carboxylic acids is 1. The first-order valence-electron chi connectivity index (χ1n) is 5.70. The number of halogens is 1. The number of alkyl halides is 1. The van der Waals surface area contributed by atoms with Crippen molar-refractivity contribution in [2.24, 2.45) is 0 Å². The Kier molecular flexibility index (Phi) is 4.39. The van der Waals surface area contributed by atoms with E-state index in [-0.39, 0.29) is 11.9 Å². The van der Waals surface area contributed by atoms with Crippen LogP contribution in [0.15, 0.2) is 47.2 Å². The monoisotopic (exact) mass is 279 g/mol. The van der Waals surface area contributed by atoms with Gasteiger partial charge in [-0.3, -0.25) is 4.79 Å². The van der Waals surface area contributed by atoms with E-state index in [1.165, 1.54) is 0 Å². The molecule has 0 aliphatic carbocycles. The molecular formula is C14H14ClNOS. The minimum absolute atomic E-state index is 0.0197. The van der Waals surface area contributed by atoms with Crippen molar-refractivity contribution < 1.29 is 4.79 Å². The van der Waals surface area contributed by atoms with E-state index in [9.17, 15) is 4.79 Å². The molecule has 2 aromatic rings. The highest BCUT2D eigenvalue weighted by molar-refractivity contribution is 7.07. The van der Waals surface area contributed by atoms with Crippen LogP contribution in [-0.2, 0) is 4.79 Å². The van der Waals surface area contributed by atoms with E-state index >= 15 is 0 Å². The zero-order valence-electron chi connectivity index (χ0n) is 9.97. The first kappa shape index (κ1) is 13.1. The van der Waals surface area contributed by atoms with Gasteiger partial charge >= 0.3 is 0 Å². The van der Waals surface area contributed by atoms with Crippen molar-refractivity contribution in [3.8, 4) is 0 Å². The van der Waals surface area contributed by atoms with E-state index in [4.69, 9.17) is 11.6 Å². The van der Waals surface area contributed by atoms with Gasteiger partial charge in [0.25, 0.3) is 0 Å². The summed E-state index contributed by atoms with van der Waals surface area (Å²) in [5, 5.41) is 6.29. The molecule has 0 spiro atoms. The van der Waals surface area contributed by atoms with E-state index in [2.05, 4.69) is 5.32 Å². The van der Waals surface area contributed by atoms with Crippen molar-refractivity contribution in [2.75, 3.05) is 0 Å². The summed E-state index contributed by atoms with van der Waals surface area (Å²) in [5.41, 5.74) is 1.92. The summed E-state index contributed by atoms with van der Waals surface area (Å²) < 4.78 is 0. The Hall–Kier alpha value is -1.32. The molecule has 1 amide bonds. The van der Waals surface area contributed by atoms with Gasteiger partial charge in [-0.2, -0.15) is 11.3 Å². The Labute approximate surface area is 116 Å². The average molecular weight is 280 g/mol. The van der Waals surface area contributed by atoms with Crippen LogP contribution in [0, 0.1) is 0 Å². The maximum absolute atomic E-state index is 12.0. The molecule has 2 atom stereocenters. The van der Waals surface area contributed by atoms with Crippen LogP contribution in [0.5, 0.6) is 0 Å². The first-order valence-corrected chi connectivity index (χ1v) is 7.08. The second-order valence-electron chi connectivity index (χ2n) is 4.06. The lowest BCUT2D eigenvalue weighted by Crippen LogP contribution is -2.29. The number of hydrogen-bond acceptors (Lipinski definition) is 2. The van der Waals surface area contributed by atoms with Crippen molar-refractivity contribution >= 4 is 28.8 Å². The second kappa shape index (κ2) is 6.03. The zero-order chi connectivity index (χ0) is 13.0. The molecule has 0 saturated carbocycles. The lowest BCUT2D eigenvalue weighted by atomic mass is 10.1. The van der Waals surface area contributed by atoms with E-state index in [1.54, 1.807) is 11.3 Å². The van der Waals surface area contributed by atoms with E-state index < -0.39 is 5.38 Å². The molecule has 1 heterocycles. The molecule has 1 aromatic heterocycles. The molecule has 0 saturated heterocycles. The summed E-state index contributed by atoms with van der Waals surface area (Å²) in [7, 11) is 0. The van der Waals surface area contributed by atoms with Crippen LogP contribution in [0.1, 0.15) is 29.5 Å². The highest BCUT2D eigenvalue weighted by Crippen LogP contribution is 2.22. The van der Waals surface area contributed by atoms with Crippen LogP contribution in [0.4, 0.5) is 0 Å². The van der Waals surface area contributed by atoms with Gasteiger partial charge in [0.1, 0.15) is 5.38 Å². The van der Waals surface area contributed by atoms with Crippen molar-refractivity contribution in [1.29, 1.82) is 0 Å². The lowest BCUT2D eigenvalue weighted by molar-refractivity contribution is -0.121. The van der Waals surface area contributed by atoms with Gasteiger partial charge in [-0.15, -0.1) is 11.6 Å². The summed E-state index contributed by atoms with van der Waals surface area (Å²) in [6, 6.07) is 11.3. The molecule has 0 fully saturated rings. The van der Waals surface area contributed by atoms with Gasteiger partial charge in [0, 0.05) is 0 Å². The molecule has 1 aromatic carbocycles. The van der Waals surface area contributed by atoms with Crippen molar-refractivity contribution in [1.82, 2.24) is 5.32 Å². The number of amides is 1. The second-order valence-corrected chi connectivity index (χ2v) is 5.28. The highest BCUT2D eigenvalue weighted by Gasteiger charge is 2.19. The summed E-state index contributed by atoms with van der Waals surface area (Å²) in [5.74, 6) is -0.165. The summed E-state index contributed by atoms with van der Waals surface area (Å²) in [4.78, 5) is 12.0. The van der Waals surface area contributed by atoms with Crippen LogP contribution >= 0.6 is 22.9 Å².